The predicted octanol–water partition coefficient (Wildman–Crippen LogP) is 4.65. The number of guanidine groups is 1. The van der Waals surface area contributed by atoms with E-state index in [0.29, 0.717) is 11.8 Å². The van der Waals surface area contributed by atoms with Gasteiger partial charge in [-0.05, 0) is 43.6 Å². The summed E-state index contributed by atoms with van der Waals surface area (Å²) in [6.07, 6.45) is 8.07. The second kappa shape index (κ2) is 12.6. The van der Waals surface area contributed by atoms with E-state index in [1.807, 2.05) is 0 Å². The van der Waals surface area contributed by atoms with Crippen LogP contribution in [0.25, 0.3) is 0 Å². The molecule has 1 saturated heterocycles. The molecule has 32 heavy (non-hydrogen) atoms. The van der Waals surface area contributed by atoms with Gasteiger partial charge in [-0.25, -0.2) is 0 Å². The first-order valence-corrected chi connectivity index (χ1v) is 12.3. The Morgan fingerprint density at radius 3 is 2.72 bits per heavy atom. The fourth-order valence-corrected chi connectivity index (χ4v) is 5.20. The molecule has 1 fully saturated rings. The maximum atomic E-state index is 5.00. The van der Waals surface area contributed by atoms with Gasteiger partial charge in [0.25, 0.3) is 0 Å². The van der Waals surface area contributed by atoms with Gasteiger partial charge in [-0.15, -0.1) is 34.2 Å². The summed E-state index contributed by atoms with van der Waals surface area (Å²) >= 11 is 0. The number of aryl methyl sites for hydroxylation is 1. The summed E-state index contributed by atoms with van der Waals surface area (Å²) in [6.45, 7) is 9.33. The van der Waals surface area contributed by atoms with Gasteiger partial charge >= 0.3 is 0 Å². The molecule has 0 saturated carbocycles. The zero-order chi connectivity index (χ0) is 21.5. The molecule has 0 radical (unpaired) electrons. The van der Waals surface area contributed by atoms with Crippen molar-refractivity contribution in [1.82, 2.24) is 25.0 Å². The highest BCUT2D eigenvalue weighted by Gasteiger charge is 2.30. The largest absolute Gasteiger partial charge is 0.357 e. The molecule has 2 atom stereocenters. The van der Waals surface area contributed by atoms with E-state index in [9.17, 15) is 0 Å². The quantitative estimate of drug-likeness (QED) is 0.324. The number of halogens is 1. The smallest absolute Gasteiger partial charge is 0.193 e. The van der Waals surface area contributed by atoms with E-state index in [1.165, 1.54) is 37.7 Å². The molecule has 4 rings (SSSR count). The SMILES string of the molecule is CCNC(=NCCc1nnc2n1CCCCC2)N1CCC(c2ccccc2)C(CC)C1.I. The number of aliphatic imine (C=N–C) groups is 1. The monoisotopic (exact) mass is 550 g/mol. The molecule has 2 aliphatic rings. The topological polar surface area (TPSA) is 58.3 Å². The Labute approximate surface area is 210 Å². The van der Waals surface area contributed by atoms with E-state index in [2.05, 4.69) is 69.2 Å². The Bertz CT molecular complexity index is 849. The Hall–Kier alpha value is -1.64. The third kappa shape index (κ3) is 6.02. The number of piperidine rings is 1. The molecule has 2 aliphatic heterocycles. The normalized spacial score (nSPS) is 21.4. The van der Waals surface area contributed by atoms with Crippen molar-refractivity contribution >= 4 is 29.9 Å². The van der Waals surface area contributed by atoms with Crippen molar-refractivity contribution in [3.05, 3.63) is 47.5 Å². The molecule has 2 unspecified atom stereocenters. The number of hydrogen-bond donors (Lipinski definition) is 1. The molecular weight excluding hydrogens is 511 g/mol. The molecular formula is C25H39IN6. The summed E-state index contributed by atoms with van der Waals surface area (Å²) in [5, 5.41) is 12.4. The summed E-state index contributed by atoms with van der Waals surface area (Å²) in [6, 6.07) is 11.0. The second-order valence-corrected chi connectivity index (χ2v) is 8.90. The summed E-state index contributed by atoms with van der Waals surface area (Å²) in [5.74, 6) is 4.63. The number of nitrogens with zero attached hydrogens (tertiary/aromatic N) is 5. The molecule has 1 N–H and O–H groups in total. The van der Waals surface area contributed by atoms with E-state index in [-0.39, 0.29) is 24.0 Å². The predicted molar refractivity (Wildman–Crippen MR) is 142 cm³/mol. The summed E-state index contributed by atoms with van der Waals surface area (Å²) in [5.41, 5.74) is 1.49. The zero-order valence-corrected chi connectivity index (χ0v) is 22.0. The molecule has 1 aromatic carbocycles. The van der Waals surface area contributed by atoms with Crippen LogP contribution in [0.5, 0.6) is 0 Å². The van der Waals surface area contributed by atoms with Crippen molar-refractivity contribution in [2.45, 2.75) is 71.3 Å². The number of nitrogens with one attached hydrogen (secondary N) is 1. The fraction of sp³-hybridized carbons (Fsp3) is 0.640. The van der Waals surface area contributed by atoms with Gasteiger partial charge in [-0.1, -0.05) is 50.1 Å². The number of fused-ring (bicyclic) bond motifs is 1. The van der Waals surface area contributed by atoms with Crippen LogP contribution in [0.15, 0.2) is 35.3 Å². The molecule has 7 heteroatoms. The van der Waals surface area contributed by atoms with Crippen molar-refractivity contribution in [2.24, 2.45) is 10.9 Å². The first-order valence-electron chi connectivity index (χ1n) is 12.3. The maximum absolute atomic E-state index is 5.00. The minimum Gasteiger partial charge on any atom is -0.357 e. The number of likely N-dealkylation sites (tertiary alicyclic amines) is 1. The van der Waals surface area contributed by atoms with Crippen molar-refractivity contribution in [3.63, 3.8) is 0 Å². The van der Waals surface area contributed by atoms with Gasteiger partial charge in [-0.2, -0.15) is 0 Å². The summed E-state index contributed by atoms with van der Waals surface area (Å²) in [4.78, 5) is 7.47. The lowest BCUT2D eigenvalue weighted by molar-refractivity contribution is 0.215. The van der Waals surface area contributed by atoms with Gasteiger partial charge in [0.05, 0.1) is 0 Å². The molecule has 1 aromatic heterocycles. The van der Waals surface area contributed by atoms with Crippen LogP contribution in [0.2, 0.25) is 0 Å². The Balaban J connectivity index is 0.00000289. The highest BCUT2D eigenvalue weighted by atomic mass is 127. The molecule has 0 spiro atoms. The number of aromatic nitrogens is 3. The van der Waals surface area contributed by atoms with Crippen molar-refractivity contribution in [1.29, 1.82) is 0 Å². The van der Waals surface area contributed by atoms with E-state index in [0.717, 1.165) is 63.2 Å². The van der Waals surface area contributed by atoms with Gasteiger partial charge in [0.2, 0.25) is 0 Å². The van der Waals surface area contributed by atoms with Crippen molar-refractivity contribution in [3.8, 4) is 0 Å². The molecule has 0 amide bonds. The van der Waals surface area contributed by atoms with E-state index >= 15 is 0 Å². The lowest BCUT2D eigenvalue weighted by Crippen LogP contribution is -2.48. The Morgan fingerprint density at radius 2 is 1.94 bits per heavy atom. The summed E-state index contributed by atoms with van der Waals surface area (Å²) < 4.78 is 2.34. The van der Waals surface area contributed by atoms with Crippen LogP contribution in [-0.2, 0) is 19.4 Å². The zero-order valence-electron chi connectivity index (χ0n) is 19.7. The van der Waals surface area contributed by atoms with Crippen LogP contribution in [-0.4, -0.2) is 51.8 Å². The number of rotatable bonds is 6. The first-order chi connectivity index (χ1) is 15.3. The van der Waals surface area contributed by atoms with E-state index in [4.69, 9.17) is 4.99 Å². The van der Waals surface area contributed by atoms with Crippen LogP contribution in [0.1, 0.15) is 69.1 Å². The minimum atomic E-state index is 0. The molecule has 3 heterocycles. The van der Waals surface area contributed by atoms with Crippen molar-refractivity contribution in [2.75, 3.05) is 26.2 Å². The van der Waals surface area contributed by atoms with Crippen LogP contribution in [0.3, 0.4) is 0 Å². The van der Waals surface area contributed by atoms with Gasteiger partial charge < -0.3 is 14.8 Å². The van der Waals surface area contributed by atoms with Gasteiger partial charge in [0.15, 0.2) is 5.96 Å². The Morgan fingerprint density at radius 1 is 1.09 bits per heavy atom. The molecule has 6 nitrogen and oxygen atoms in total. The van der Waals surface area contributed by atoms with Crippen molar-refractivity contribution < 1.29 is 0 Å². The Kier molecular flexibility index (Phi) is 9.81. The van der Waals surface area contributed by atoms with E-state index in [1.54, 1.807) is 0 Å². The van der Waals surface area contributed by atoms with Gasteiger partial charge in [0.1, 0.15) is 11.6 Å². The highest BCUT2D eigenvalue weighted by Crippen LogP contribution is 2.34. The third-order valence-corrected chi connectivity index (χ3v) is 6.90. The molecule has 176 valence electrons. The average Bonchev–Trinajstić information content (AvgIpc) is 3.04. The lowest BCUT2D eigenvalue weighted by Gasteiger charge is -2.40. The van der Waals surface area contributed by atoms with Gasteiger partial charge in [0, 0.05) is 45.6 Å². The molecule has 0 aliphatic carbocycles. The van der Waals surface area contributed by atoms with Gasteiger partial charge in [-0.3, -0.25) is 4.99 Å². The van der Waals surface area contributed by atoms with Crippen LogP contribution in [0, 0.1) is 5.92 Å². The summed E-state index contributed by atoms with van der Waals surface area (Å²) in [7, 11) is 0. The standard InChI is InChI=1S/C25H38N6.HI/c1-3-20-19-30(18-15-22(20)21-11-7-5-8-12-21)25(26-4-2)27-16-14-24-29-28-23-13-9-6-10-17-31(23)24;/h5,7-8,11-12,20,22H,3-4,6,9-10,13-19H2,1-2H3,(H,26,27);1H. The minimum absolute atomic E-state index is 0. The van der Waals surface area contributed by atoms with E-state index < -0.39 is 0 Å². The number of benzene rings is 1. The highest BCUT2D eigenvalue weighted by molar-refractivity contribution is 14.0. The van der Waals surface area contributed by atoms with Crippen LogP contribution >= 0.6 is 24.0 Å². The fourth-order valence-electron chi connectivity index (χ4n) is 5.20. The maximum Gasteiger partial charge on any atom is 0.193 e. The van der Waals surface area contributed by atoms with Crippen LogP contribution < -0.4 is 5.32 Å². The lowest BCUT2D eigenvalue weighted by atomic mass is 9.79. The number of hydrogen-bond acceptors (Lipinski definition) is 3. The molecule has 0 bridgehead atoms. The van der Waals surface area contributed by atoms with Crippen LogP contribution in [0.4, 0.5) is 0 Å². The first kappa shape index (κ1) is 25.0. The third-order valence-electron chi connectivity index (χ3n) is 6.90. The molecule has 2 aromatic rings. The second-order valence-electron chi connectivity index (χ2n) is 8.90. The average molecular weight is 551 g/mol.